The molecule has 1 amide bonds. The fourth-order valence-electron chi connectivity index (χ4n) is 1.94. The highest BCUT2D eigenvalue weighted by molar-refractivity contribution is 9.11. The number of hydrogen-bond acceptors (Lipinski definition) is 3. The normalized spacial score (nSPS) is 25.4. The van der Waals surface area contributed by atoms with Gasteiger partial charge in [0.1, 0.15) is 0 Å². The van der Waals surface area contributed by atoms with Crippen molar-refractivity contribution >= 4 is 33.2 Å². The van der Waals surface area contributed by atoms with E-state index in [-0.39, 0.29) is 17.9 Å². The molecule has 2 rings (SSSR count). The van der Waals surface area contributed by atoms with E-state index in [1.54, 1.807) is 18.4 Å². The minimum absolute atomic E-state index is 0.0762. The third kappa shape index (κ3) is 2.64. The van der Waals surface area contributed by atoms with Gasteiger partial charge in [0, 0.05) is 24.4 Å². The molecule has 1 aliphatic rings. The van der Waals surface area contributed by atoms with Crippen LogP contribution in [0.15, 0.2) is 15.9 Å². The van der Waals surface area contributed by atoms with Gasteiger partial charge >= 0.3 is 0 Å². The van der Waals surface area contributed by atoms with Gasteiger partial charge in [0.05, 0.1) is 9.89 Å². The smallest absolute Gasteiger partial charge is 0.223 e. The summed E-state index contributed by atoms with van der Waals surface area (Å²) in [4.78, 5) is 12.8. The van der Waals surface area contributed by atoms with Crippen LogP contribution in [-0.4, -0.2) is 19.6 Å². The molecule has 2 atom stereocenters. The van der Waals surface area contributed by atoms with Crippen LogP contribution < -0.4 is 5.32 Å². The number of hydrogen-bond donors (Lipinski definition) is 1. The zero-order chi connectivity index (χ0) is 11.5. The Morgan fingerprint density at radius 2 is 2.44 bits per heavy atom. The van der Waals surface area contributed by atoms with Gasteiger partial charge in [0.2, 0.25) is 5.91 Å². The molecule has 0 bridgehead atoms. The monoisotopic (exact) mass is 303 g/mol. The van der Waals surface area contributed by atoms with Crippen molar-refractivity contribution in [3.8, 4) is 0 Å². The number of carbonyl (C=O) groups excluding carboxylic acids is 1. The summed E-state index contributed by atoms with van der Waals surface area (Å²) in [6, 6.07) is 4.08. The number of amides is 1. The summed E-state index contributed by atoms with van der Waals surface area (Å²) in [5.74, 6) is 0.216. The summed E-state index contributed by atoms with van der Waals surface area (Å²) < 4.78 is 6.82. The molecular weight excluding hydrogens is 290 g/mol. The van der Waals surface area contributed by atoms with Crippen molar-refractivity contribution in [3.63, 3.8) is 0 Å². The van der Waals surface area contributed by atoms with Gasteiger partial charge in [-0.15, -0.1) is 11.3 Å². The standard InChI is InChI=1S/C11H14BrNO2S/c1-13-11(14)7-4-5-15-8(6-7)9-2-3-10(12)16-9/h2-3,7-8H,4-6H2,1H3,(H,13,14)/t7-,8+/m0/s1. The average Bonchev–Trinajstić information content (AvgIpc) is 2.75. The Labute approximate surface area is 107 Å². The van der Waals surface area contributed by atoms with E-state index in [0.717, 1.165) is 16.6 Å². The lowest BCUT2D eigenvalue weighted by Gasteiger charge is -2.27. The molecule has 2 heterocycles. The van der Waals surface area contributed by atoms with Gasteiger partial charge in [0.25, 0.3) is 0 Å². The van der Waals surface area contributed by atoms with Crippen LogP contribution in [0, 0.1) is 5.92 Å². The summed E-state index contributed by atoms with van der Waals surface area (Å²) in [5.41, 5.74) is 0. The third-order valence-corrected chi connectivity index (χ3v) is 4.53. The van der Waals surface area contributed by atoms with Crippen LogP contribution in [-0.2, 0) is 9.53 Å². The Morgan fingerprint density at radius 1 is 1.62 bits per heavy atom. The molecule has 1 aromatic rings. The van der Waals surface area contributed by atoms with Crippen LogP contribution in [0.3, 0.4) is 0 Å². The number of carbonyl (C=O) groups is 1. The highest BCUT2D eigenvalue weighted by atomic mass is 79.9. The Bertz CT molecular complexity index is 380. The van der Waals surface area contributed by atoms with Crippen LogP contribution in [0.4, 0.5) is 0 Å². The van der Waals surface area contributed by atoms with E-state index >= 15 is 0 Å². The van der Waals surface area contributed by atoms with Gasteiger partial charge in [-0.05, 0) is 40.9 Å². The summed E-state index contributed by atoms with van der Waals surface area (Å²) in [7, 11) is 1.69. The first-order chi connectivity index (χ1) is 7.70. The molecule has 1 aromatic heterocycles. The second-order valence-electron chi connectivity index (χ2n) is 3.84. The van der Waals surface area contributed by atoms with Crippen molar-refractivity contribution in [2.45, 2.75) is 18.9 Å². The predicted molar refractivity (Wildman–Crippen MR) is 67.5 cm³/mol. The number of thiophene rings is 1. The lowest BCUT2D eigenvalue weighted by molar-refractivity contribution is -0.129. The van der Waals surface area contributed by atoms with E-state index in [1.807, 2.05) is 6.07 Å². The van der Waals surface area contributed by atoms with Crippen molar-refractivity contribution in [3.05, 3.63) is 20.8 Å². The van der Waals surface area contributed by atoms with Gasteiger partial charge in [-0.2, -0.15) is 0 Å². The molecule has 16 heavy (non-hydrogen) atoms. The molecule has 1 fully saturated rings. The van der Waals surface area contributed by atoms with Crippen LogP contribution in [0.2, 0.25) is 0 Å². The Hall–Kier alpha value is -0.390. The maximum absolute atomic E-state index is 11.6. The molecular formula is C11H14BrNO2S. The summed E-state index contributed by atoms with van der Waals surface area (Å²) in [6.45, 7) is 0.665. The Kier molecular flexibility index (Phi) is 4.00. The number of rotatable bonds is 2. The van der Waals surface area contributed by atoms with E-state index in [0.29, 0.717) is 6.61 Å². The SMILES string of the molecule is CNC(=O)[C@H]1CCO[C@@H](c2ccc(Br)s2)C1. The first kappa shape index (κ1) is 12.1. The van der Waals surface area contributed by atoms with Crippen LogP contribution in [0.5, 0.6) is 0 Å². The van der Waals surface area contributed by atoms with Crippen molar-refractivity contribution in [1.82, 2.24) is 5.32 Å². The number of nitrogens with one attached hydrogen (secondary N) is 1. The molecule has 0 spiro atoms. The second kappa shape index (κ2) is 5.29. The maximum atomic E-state index is 11.6. The molecule has 1 saturated heterocycles. The van der Waals surface area contributed by atoms with Crippen LogP contribution >= 0.6 is 27.3 Å². The lowest BCUT2D eigenvalue weighted by Crippen LogP contribution is -2.32. The third-order valence-electron chi connectivity index (χ3n) is 2.81. The van der Waals surface area contributed by atoms with Gasteiger partial charge < -0.3 is 10.1 Å². The average molecular weight is 304 g/mol. The molecule has 0 saturated carbocycles. The molecule has 0 aliphatic carbocycles. The van der Waals surface area contributed by atoms with Gasteiger partial charge in [-0.3, -0.25) is 4.79 Å². The van der Waals surface area contributed by atoms with E-state index < -0.39 is 0 Å². The topological polar surface area (TPSA) is 38.3 Å². The first-order valence-electron chi connectivity index (χ1n) is 5.29. The Morgan fingerprint density at radius 3 is 3.06 bits per heavy atom. The minimum Gasteiger partial charge on any atom is -0.373 e. The van der Waals surface area contributed by atoms with E-state index in [1.165, 1.54) is 4.88 Å². The van der Waals surface area contributed by atoms with Crippen LogP contribution in [0.25, 0.3) is 0 Å². The van der Waals surface area contributed by atoms with Crippen LogP contribution in [0.1, 0.15) is 23.8 Å². The molecule has 0 radical (unpaired) electrons. The van der Waals surface area contributed by atoms with E-state index in [2.05, 4.69) is 27.3 Å². The van der Waals surface area contributed by atoms with Gasteiger partial charge in [0.15, 0.2) is 0 Å². The van der Waals surface area contributed by atoms with E-state index in [9.17, 15) is 4.79 Å². The van der Waals surface area contributed by atoms with Crippen molar-refractivity contribution < 1.29 is 9.53 Å². The fourth-order valence-corrected chi connectivity index (χ4v) is 3.42. The maximum Gasteiger partial charge on any atom is 0.223 e. The minimum atomic E-state index is 0.0762. The van der Waals surface area contributed by atoms with Crippen molar-refractivity contribution in [1.29, 1.82) is 0 Å². The zero-order valence-corrected chi connectivity index (χ0v) is 11.4. The molecule has 88 valence electrons. The summed E-state index contributed by atoms with van der Waals surface area (Å²) >= 11 is 5.12. The summed E-state index contributed by atoms with van der Waals surface area (Å²) in [5, 5.41) is 2.71. The zero-order valence-electron chi connectivity index (χ0n) is 9.03. The predicted octanol–water partition coefficient (Wildman–Crippen LogP) is 2.72. The number of halogens is 1. The summed E-state index contributed by atoms with van der Waals surface area (Å²) in [6.07, 6.45) is 1.68. The number of ether oxygens (including phenoxy) is 1. The largest absolute Gasteiger partial charge is 0.373 e. The van der Waals surface area contributed by atoms with Crippen molar-refractivity contribution in [2.75, 3.05) is 13.7 Å². The highest BCUT2D eigenvalue weighted by Gasteiger charge is 2.28. The molecule has 3 nitrogen and oxygen atoms in total. The van der Waals surface area contributed by atoms with Gasteiger partial charge in [-0.1, -0.05) is 0 Å². The molecule has 0 unspecified atom stereocenters. The van der Waals surface area contributed by atoms with Gasteiger partial charge in [-0.25, -0.2) is 0 Å². The lowest BCUT2D eigenvalue weighted by atomic mass is 9.94. The molecule has 0 aromatic carbocycles. The quantitative estimate of drug-likeness (QED) is 0.912. The molecule has 1 aliphatic heterocycles. The fraction of sp³-hybridized carbons (Fsp3) is 0.545. The van der Waals surface area contributed by atoms with E-state index in [4.69, 9.17) is 4.74 Å². The second-order valence-corrected chi connectivity index (χ2v) is 6.33. The first-order valence-corrected chi connectivity index (χ1v) is 6.90. The highest BCUT2D eigenvalue weighted by Crippen LogP contribution is 2.36. The molecule has 1 N–H and O–H groups in total. The Balaban J connectivity index is 2.04. The van der Waals surface area contributed by atoms with Crippen molar-refractivity contribution in [2.24, 2.45) is 5.92 Å². The molecule has 5 heteroatoms.